The van der Waals surface area contributed by atoms with Crippen LogP contribution in [0.1, 0.15) is 30.3 Å². The van der Waals surface area contributed by atoms with Crippen LogP contribution in [-0.4, -0.2) is 17.5 Å². The van der Waals surface area contributed by atoms with E-state index in [0.29, 0.717) is 36.1 Å². The Hall–Kier alpha value is -2.79. The lowest BCUT2D eigenvalue weighted by molar-refractivity contribution is -0.122. The van der Waals surface area contributed by atoms with Gasteiger partial charge < -0.3 is 14.5 Å². The molecular formula is C21H19ClN2O3. The molecule has 0 fully saturated rings. The molecule has 0 bridgehead atoms. The molecule has 5 nitrogen and oxygen atoms in total. The number of hydrogen-bond acceptors (Lipinski definition) is 4. The minimum absolute atomic E-state index is 0.0225. The summed E-state index contributed by atoms with van der Waals surface area (Å²) in [5.41, 5.74) is 1.82. The number of rotatable bonds is 5. The molecule has 1 aromatic heterocycles. The Labute approximate surface area is 162 Å². The highest BCUT2D eigenvalue weighted by Gasteiger charge is 2.22. The zero-order valence-corrected chi connectivity index (χ0v) is 15.4. The minimum atomic E-state index is -0.0332. The Morgan fingerprint density at radius 3 is 2.89 bits per heavy atom. The van der Waals surface area contributed by atoms with Crippen LogP contribution in [0.4, 0.5) is 0 Å². The molecule has 1 atom stereocenters. The summed E-state index contributed by atoms with van der Waals surface area (Å²) in [4.78, 5) is 16.6. The van der Waals surface area contributed by atoms with Gasteiger partial charge in [-0.2, -0.15) is 0 Å². The van der Waals surface area contributed by atoms with E-state index in [0.717, 1.165) is 23.3 Å². The van der Waals surface area contributed by atoms with E-state index in [9.17, 15) is 4.79 Å². The third kappa shape index (κ3) is 3.98. The van der Waals surface area contributed by atoms with Crippen molar-refractivity contribution in [3.63, 3.8) is 0 Å². The van der Waals surface area contributed by atoms with Crippen molar-refractivity contribution in [2.24, 2.45) is 0 Å². The van der Waals surface area contributed by atoms with Gasteiger partial charge in [-0.15, -0.1) is 0 Å². The summed E-state index contributed by atoms with van der Waals surface area (Å²) in [5.74, 6) is 1.93. The minimum Gasteiger partial charge on any atom is -0.493 e. The number of carbonyl (C=O) groups is 1. The molecule has 0 aliphatic carbocycles. The first kappa shape index (κ1) is 17.6. The van der Waals surface area contributed by atoms with Crippen LogP contribution in [0.3, 0.4) is 0 Å². The highest BCUT2D eigenvalue weighted by atomic mass is 35.5. The number of halogens is 1. The molecule has 1 aliphatic heterocycles. The van der Waals surface area contributed by atoms with Crippen molar-refractivity contribution in [1.29, 1.82) is 0 Å². The lowest BCUT2D eigenvalue weighted by atomic mass is 10.0. The number of amides is 1. The number of hydrogen-bond donors (Lipinski definition) is 1. The van der Waals surface area contributed by atoms with Gasteiger partial charge in [0.15, 0.2) is 11.7 Å². The van der Waals surface area contributed by atoms with Crippen molar-refractivity contribution in [2.45, 2.75) is 25.3 Å². The second-order valence-electron chi connectivity index (χ2n) is 6.39. The fourth-order valence-electron chi connectivity index (χ4n) is 3.19. The van der Waals surface area contributed by atoms with Gasteiger partial charge in [-0.1, -0.05) is 41.9 Å². The number of carbonyl (C=O) groups excluding carboxylic acids is 1. The number of oxazole rings is 1. The van der Waals surface area contributed by atoms with E-state index >= 15 is 0 Å². The van der Waals surface area contributed by atoms with Crippen LogP contribution in [0.5, 0.6) is 5.75 Å². The number of nitrogens with one attached hydrogen (secondary N) is 1. The number of aromatic nitrogens is 1. The summed E-state index contributed by atoms with van der Waals surface area (Å²) < 4.78 is 11.4. The maximum atomic E-state index is 12.4. The van der Waals surface area contributed by atoms with E-state index in [4.69, 9.17) is 20.8 Å². The highest BCUT2D eigenvalue weighted by molar-refractivity contribution is 6.33. The Morgan fingerprint density at radius 2 is 2.00 bits per heavy atom. The molecule has 1 aliphatic rings. The average molecular weight is 383 g/mol. The average Bonchev–Trinajstić information content (AvgIpc) is 3.16. The zero-order chi connectivity index (χ0) is 18.6. The van der Waals surface area contributed by atoms with Crippen LogP contribution in [0.15, 0.2) is 59.1 Å². The number of nitrogens with zero attached hydrogens (tertiary/aromatic N) is 1. The van der Waals surface area contributed by atoms with Crippen LogP contribution in [0.2, 0.25) is 5.02 Å². The molecule has 2 heterocycles. The number of benzene rings is 2. The second kappa shape index (κ2) is 7.84. The first-order valence-electron chi connectivity index (χ1n) is 8.91. The number of ether oxygens (including phenoxy) is 1. The maximum absolute atomic E-state index is 12.4. The number of para-hydroxylation sites is 1. The molecule has 1 amide bonds. The quantitative estimate of drug-likeness (QED) is 0.702. The Balaban J connectivity index is 1.36. The van der Waals surface area contributed by atoms with Gasteiger partial charge in [-0.3, -0.25) is 4.79 Å². The molecule has 138 valence electrons. The van der Waals surface area contributed by atoms with Gasteiger partial charge in [0, 0.05) is 30.4 Å². The van der Waals surface area contributed by atoms with Crippen LogP contribution in [0.25, 0.3) is 11.3 Å². The molecule has 0 spiro atoms. The van der Waals surface area contributed by atoms with Crippen LogP contribution in [-0.2, 0) is 11.2 Å². The maximum Gasteiger partial charge on any atom is 0.220 e. The summed E-state index contributed by atoms with van der Waals surface area (Å²) in [5, 5.41) is 3.69. The Bertz CT molecular complexity index is 954. The summed E-state index contributed by atoms with van der Waals surface area (Å²) >= 11 is 6.18. The monoisotopic (exact) mass is 382 g/mol. The molecule has 2 aromatic carbocycles. The van der Waals surface area contributed by atoms with Crippen molar-refractivity contribution < 1.29 is 13.9 Å². The molecule has 6 heteroatoms. The van der Waals surface area contributed by atoms with Gasteiger partial charge >= 0.3 is 0 Å². The molecule has 3 aromatic rings. The number of fused-ring (bicyclic) bond motifs is 1. The van der Waals surface area contributed by atoms with Gasteiger partial charge in [0.05, 0.1) is 23.9 Å². The van der Waals surface area contributed by atoms with Crippen LogP contribution in [0, 0.1) is 0 Å². The van der Waals surface area contributed by atoms with E-state index < -0.39 is 0 Å². The third-order valence-electron chi connectivity index (χ3n) is 4.55. The van der Waals surface area contributed by atoms with E-state index in [1.165, 1.54) is 0 Å². The van der Waals surface area contributed by atoms with Crippen molar-refractivity contribution in [2.75, 3.05) is 6.61 Å². The smallest absolute Gasteiger partial charge is 0.220 e. The van der Waals surface area contributed by atoms with Crippen molar-refractivity contribution in [3.8, 4) is 17.1 Å². The van der Waals surface area contributed by atoms with Crippen molar-refractivity contribution >= 4 is 17.5 Å². The lowest BCUT2D eigenvalue weighted by Crippen LogP contribution is -2.32. The summed E-state index contributed by atoms with van der Waals surface area (Å²) in [6.45, 7) is 0.600. The second-order valence-corrected chi connectivity index (χ2v) is 6.80. The summed E-state index contributed by atoms with van der Waals surface area (Å²) in [7, 11) is 0. The van der Waals surface area contributed by atoms with E-state index in [1.807, 2.05) is 42.5 Å². The molecular weight excluding hydrogens is 364 g/mol. The molecule has 0 unspecified atom stereocenters. The van der Waals surface area contributed by atoms with Gasteiger partial charge in [0.2, 0.25) is 5.91 Å². The molecule has 0 radical (unpaired) electrons. The molecule has 1 N–H and O–H groups in total. The van der Waals surface area contributed by atoms with Crippen molar-refractivity contribution in [1.82, 2.24) is 10.3 Å². The summed E-state index contributed by atoms with van der Waals surface area (Å²) in [6.07, 6.45) is 3.14. The highest BCUT2D eigenvalue weighted by Crippen LogP contribution is 2.31. The first-order chi connectivity index (χ1) is 13.2. The third-order valence-corrected chi connectivity index (χ3v) is 4.88. The van der Waals surface area contributed by atoms with Crippen LogP contribution >= 0.6 is 11.6 Å². The fourth-order valence-corrected chi connectivity index (χ4v) is 3.42. The summed E-state index contributed by atoms with van der Waals surface area (Å²) in [6, 6.07) is 15.2. The SMILES string of the molecule is O=C(CCc1ncc(-c2ccccc2Cl)o1)N[C@@H]1CCOc2ccccc21. The van der Waals surface area contributed by atoms with Crippen LogP contribution < -0.4 is 10.1 Å². The predicted octanol–water partition coefficient (Wildman–Crippen LogP) is 4.57. The normalized spacial score (nSPS) is 15.7. The van der Waals surface area contributed by atoms with Gasteiger partial charge in [-0.25, -0.2) is 4.98 Å². The predicted molar refractivity (Wildman–Crippen MR) is 103 cm³/mol. The molecule has 0 saturated heterocycles. The lowest BCUT2D eigenvalue weighted by Gasteiger charge is -2.26. The topological polar surface area (TPSA) is 64.4 Å². The molecule has 4 rings (SSSR count). The Morgan fingerprint density at radius 1 is 1.19 bits per heavy atom. The van der Waals surface area contributed by atoms with Gasteiger partial charge in [-0.05, 0) is 18.2 Å². The standard InChI is InChI=1S/C21H19ClN2O3/c22-16-7-3-1-5-14(16)19-13-23-21(27-19)10-9-20(25)24-17-11-12-26-18-8-4-2-6-15(17)18/h1-8,13,17H,9-12H2,(H,24,25)/t17-/m1/s1. The molecule has 27 heavy (non-hydrogen) atoms. The van der Waals surface area contributed by atoms with E-state index in [1.54, 1.807) is 12.3 Å². The van der Waals surface area contributed by atoms with E-state index in [2.05, 4.69) is 10.3 Å². The Kier molecular flexibility index (Phi) is 5.12. The van der Waals surface area contributed by atoms with Crippen molar-refractivity contribution in [3.05, 3.63) is 71.2 Å². The first-order valence-corrected chi connectivity index (χ1v) is 9.29. The molecule has 0 saturated carbocycles. The zero-order valence-electron chi connectivity index (χ0n) is 14.7. The fraction of sp³-hybridized carbons (Fsp3) is 0.238. The van der Waals surface area contributed by atoms with Gasteiger partial charge in [0.25, 0.3) is 0 Å². The van der Waals surface area contributed by atoms with Gasteiger partial charge in [0.1, 0.15) is 5.75 Å². The number of aryl methyl sites for hydroxylation is 1. The largest absolute Gasteiger partial charge is 0.493 e. The van der Waals surface area contributed by atoms with E-state index in [-0.39, 0.29) is 11.9 Å².